The normalized spacial score (nSPS) is 11.8. The van der Waals surface area contributed by atoms with Gasteiger partial charge in [0.1, 0.15) is 0 Å². The molecule has 0 aliphatic rings. The standard InChI is InChI=1S/C10H20O2/c1-8(2)9(11)12-7-6-10(3,4)5/h8H,6-7H2,1-5H3. The summed E-state index contributed by atoms with van der Waals surface area (Å²) < 4.78 is 5.04. The van der Waals surface area contributed by atoms with Crippen LogP contribution in [0.25, 0.3) is 0 Å². The lowest BCUT2D eigenvalue weighted by Gasteiger charge is -2.17. The third kappa shape index (κ3) is 6.20. The van der Waals surface area contributed by atoms with Gasteiger partial charge in [0.05, 0.1) is 12.5 Å². The van der Waals surface area contributed by atoms with Crippen molar-refractivity contribution in [1.82, 2.24) is 0 Å². The highest BCUT2D eigenvalue weighted by Gasteiger charge is 2.12. The van der Waals surface area contributed by atoms with E-state index in [0.717, 1.165) is 6.42 Å². The Balaban J connectivity index is 3.51. The minimum absolute atomic E-state index is 0.00929. The smallest absolute Gasteiger partial charge is 0.308 e. The van der Waals surface area contributed by atoms with Crippen LogP contribution in [0.15, 0.2) is 0 Å². The second-order valence-corrected chi connectivity index (χ2v) is 4.63. The average Bonchev–Trinajstić information content (AvgIpc) is 1.84. The fourth-order valence-electron chi connectivity index (χ4n) is 0.624. The van der Waals surface area contributed by atoms with Gasteiger partial charge in [0.25, 0.3) is 0 Å². The Morgan fingerprint density at radius 3 is 2.17 bits per heavy atom. The molecule has 0 radical (unpaired) electrons. The molecule has 0 saturated carbocycles. The highest BCUT2D eigenvalue weighted by atomic mass is 16.5. The number of ether oxygens (including phenoxy) is 1. The van der Waals surface area contributed by atoms with E-state index in [-0.39, 0.29) is 17.3 Å². The fraction of sp³-hybridized carbons (Fsp3) is 0.900. The molecule has 0 saturated heterocycles. The van der Waals surface area contributed by atoms with E-state index in [1.165, 1.54) is 0 Å². The van der Waals surface area contributed by atoms with Gasteiger partial charge in [-0.1, -0.05) is 34.6 Å². The molecule has 0 aromatic carbocycles. The van der Waals surface area contributed by atoms with E-state index in [0.29, 0.717) is 6.61 Å². The highest BCUT2D eigenvalue weighted by Crippen LogP contribution is 2.18. The Kier molecular flexibility index (Phi) is 4.29. The Morgan fingerprint density at radius 2 is 1.83 bits per heavy atom. The number of hydrogen-bond acceptors (Lipinski definition) is 2. The first kappa shape index (κ1) is 11.5. The quantitative estimate of drug-likeness (QED) is 0.612. The van der Waals surface area contributed by atoms with E-state index in [1.807, 2.05) is 13.8 Å². The van der Waals surface area contributed by atoms with Crippen LogP contribution in [0.4, 0.5) is 0 Å². The molecule has 0 aromatic heterocycles. The summed E-state index contributed by atoms with van der Waals surface area (Å²) in [7, 11) is 0. The third-order valence-electron chi connectivity index (χ3n) is 1.57. The second kappa shape index (κ2) is 4.48. The zero-order valence-electron chi connectivity index (χ0n) is 8.81. The monoisotopic (exact) mass is 172 g/mol. The summed E-state index contributed by atoms with van der Waals surface area (Å²) in [5.74, 6) is -0.107. The highest BCUT2D eigenvalue weighted by molar-refractivity contribution is 5.71. The summed E-state index contributed by atoms with van der Waals surface area (Å²) in [6.07, 6.45) is 0.922. The van der Waals surface area contributed by atoms with Crippen molar-refractivity contribution in [3.8, 4) is 0 Å². The maximum atomic E-state index is 11.0. The van der Waals surface area contributed by atoms with E-state index in [9.17, 15) is 4.79 Å². The van der Waals surface area contributed by atoms with Gasteiger partial charge in [-0.15, -0.1) is 0 Å². The molecule has 2 nitrogen and oxygen atoms in total. The maximum Gasteiger partial charge on any atom is 0.308 e. The van der Waals surface area contributed by atoms with Crippen molar-refractivity contribution in [3.63, 3.8) is 0 Å². The van der Waals surface area contributed by atoms with Crippen LogP contribution in [-0.2, 0) is 9.53 Å². The summed E-state index contributed by atoms with van der Waals surface area (Å²) in [5.41, 5.74) is 0.247. The van der Waals surface area contributed by atoms with Gasteiger partial charge in [-0.2, -0.15) is 0 Å². The summed E-state index contributed by atoms with van der Waals surface area (Å²) in [5, 5.41) is 0. The summed E-state index contributed by atoms with van der Waals surface area (Å²) in [6, 6.07) is 0. The summed E-state index contributed by atoms with van der Waals surface area (Å²) >= 11 is 0. The van der Waals surface area contributed by atoms with Crippen molar-refractivity contribution in [2.75, 3.05) is 6.61 Å². The first-order valence-corrected chi connectivity index (χ1v) is 4.49. The fourth-order valence-corrected chi connectivity index (χ4v) is 0.624. The maximum absolute atomic E-state index is 11.0. The lowest BCUT2D eigenvalue weighted by Crippen LogP contribution is -2.16. The van der Waals surface area contributed by atoms with Crippen molar-refractivity contribution in [2.45, 2.75) is 41.0 Å². The van der Waals surface area contributed by atoms with E-state index in [2.05, 4.69) is 20.8 Å². The lowest BCUT2D eigenvalue weighted by atomic mass is 9.93. The van der Waals surface area contributed by atoms with Crippen molar-refractivity contribution >= 4 is 5.97 Å². The molecule has 0 rings (SSSR count). The van der Waals surface area contributed by atoms with Gasteiger partial charge in [-0.05, 0) is 11.8 Å². The molecule has 0 aliphatic heterocycles. The van der Waals surface area contributed by atoms with E-state index in [4.69, 9.17) is 4.74 Å². The number of carbonyl (C=O) groups excluding carboxylic acids is 1. The van der Waals surface area contributed by atoms with Crippen molar-refractivity contribution in [2.24, 2.45) is 11.3 Å². The Morgan fingerprint density at radius 1 is 1.33 bits per heavy atom. The second-order valence-electron chi connectivity index (χ2n) is 4.63. The number of rotatable bonds is 3. The molecule has 0 N–H and O–H groups in total. The van der Waals surface area contributed by atoms with Crippen LogP contribution in [0, 0.1) is 11.3 Å². The molecule has 0 fully saturated rings. The predicted molar refractivity (Wildman–Crippen MR) is 49.9 cm³/mol. The van der Waals surface area contributed by atoms with E-state index < -0.39 is 0 Å². The zero-order chi connectivity index (χ0) is 9.78. The molecule has 0 unspecified atom stereocenters. The van der Waals surface area contributed by atoms with Gasteiger partial charge in [-0.25, -0.2) is 0 Å². The minimum Gasteiger partial charge on any atom is -0.465 e. The largest absolute Gasteiger partial charge is 0.465 e. The van der Waals surface area contributed by atoms with Gasteiger partial charge in [-0.3, -0.25) is 4.79 Å². The van der Waals surface area contributed by atoms with Crippen LogP contribution < -0.4 is 0 Å². The third-order valence-corrected chi connectivity index (χ3v) is 1.57. The van der Waals surface area contributed by atoms with Crippen LogP contribution in [0.2, 0.25) is 0 Å². The van der Waals surface area contributed by atoms with Crippen LogP contribution in [-0.4, -0.2) is 12.6 Å². The molecule has 0 aliphatic carbocycles. The molecule has 0 aromatic rings. The van der Waals surface area contributed by atoms with Gasteiger partial charge >= 0.3 is 5.97 Å². The molecule has 12 heavy (non-hydrogen) atoms. The van der Waals surface area contributed by atoms with Crippen LogP contribution in [0.1, 0.15) is 41.0 Å². The number of hydrogen-bond donors (Lipinski definition) is 0. The van der Waals surface area contributed by atoms with Crippen LogP contribution in [0.3, 0.4) is 0 Å². The Bertz CT molecular complexity index is 142. The summed E-state index contributed by atoms with van der Waals surface area (Å²) in [6.45, 7) is 10.6. The van der Waals surface area contributed by atoms with Crippen LogP contribution >= 0.6 is 0 Å². The van der Waals surface area contributed by atoms with E-state index in [1.54, 1.807) is 0 Å². The molecule has 0 amide bonds. The number of esters is 1. The molecular formula is C10H20O2. The van der Waals surface area contributed by atoms with Gasteiger partial charge < -0.3 is 4.74 Å². The van der Waals surface area contributed by atoms with Crippen molar-refractivity contribution in [1.29, 1.82) is 0 Å². The lowest BCUT2D eigenvalue weighted by molar-refractivity contribution is -0.147. The molecule has 72 valence electrons. The zero-order valence-corrected chi connectivity index (χ0v) is 8.81. The van der Waals surface area contributed by atoms with Gasteiger partial charge in [0, 0.05) is 0 Å². The topological polar surface area (TPSA) is 26.3 Å². The van der Waals surface area contributed by atoms with Gasteiger partial charge in [0.15, 0.2) is 0 Å². The molecular weight excluding hydrogens is 152 g/mol. The van der Waals surface area contributed by atoms with Crippen LogP contribution in [0.5, 0.6) is 0 Å². The molecule has 0 heterocycles. The van der Waals surface area contributed by atoms with Gasteiger partial charge in [0.2, 0.25) is 0 Å². The van der Waals surface area contributed by atoms with E-state index >= 15 is 0 Å². The Labute approximate surface area is 75.3 Å². The van der Waals surface area contributed by atoms with Crippen molar-refractivity contribution < 1.29 is 9.53 Å². The Hall–Kier alpha value is -0.530. The first-order valence-electron chi connectivity index (χ1n) is 4.49. The molecule has 2 heteroatoms. The number of carbonyl (C=O) groups is 1. The SMILES string of the molecule is CC(C)C(=O)OCCC(C)(C)C. The first-order chi connectivity index (χ1) is 5.33. The minimum atomic E-state index is -0.0979. The molecule has 0 atom stereocenters. The van der Waals surface area contributed by atoms with Crippen molar-refractivity contribution in [3.05, 3.63) is 0 Å². The predicted octanol–water partition coefficient (Wildman–Crippen LogP) is 2.62. The molecule has 0 bridgehead atoms. The summed E-state index contributed by atoms with van der Waals surface area (Å²) in [4.78, 5) is 11.0. The average molecular weight is 172 g/mol. The molecule has 0 spiro atoms.